The number of carbonyl (C=O) groups excluding carboxylic acids is 3. The molecule has 6 aromatic carbocycles. The van der Waals surface area contributed by atoms with Crippen LogP contribution in [0.5, 0.6) is 0 Å². The minimum Gasteiger partial charge on any atom is -0.371 e. The molecule has 2 amide bonds. The molecular weight excluding hydrogens is 841 g/mol. The Bertz CT molecular complexity index is 2970. The number of Topliss-reactive ketones (excluding diaryl/α,β-unsaturated/α-hetero) is 1. The molecule has 3 N–H and O–H groups in total. The molecule has 6 aromatic rings. The number of nitrogens with one attached hydrogen (secondary N) is 3. The summed E-state index contributed by atoms with van der Waals surface area (Å²) in [6, 6.07) is 29.0. The first-order valence-electron chi connectivity index (χ1n) is 25.1. The van der Waals surface area contributed by atoms with Crippen molar-refractivity contribution in [2.45, 2.75) is 125 Å². The highest BCUT2D eigenvalue weighted by atomic mass is 16.2. The van der Waals surface area contributed by atoms with Crippen LogP contribution >= 0.6 is 0 Å². The van der Waals surface area contributed by atoms with Crippen molar-refractivity contribution in [1.29, 1.82) is 5.41 Å². The molecule has 0 heterocycles. The van der Waals surface area contributed by atoms with Crippen molar-refractivity contribution in [1.82, 2.24) is 0 Å². The second-order valence-corrected chi connectivity index (χ2v) is 18.5. The van der Waals surface area contributed by atoms with Gasteiger partial charge in [0.2, 0.25) is 11.8 Å². The minimum absolute atomic E-state index is 0.0929. The van der Waals surface area contributed by atoms with Crippen molar-refractivity contribution < 1.29 is 14.4 Å². The van der Waals surface area contributed by atoms with Crippen LogP contribution in [0.4, 0.5) is 22.7 Å². The van der Waals surface area contributed by atoms with Gasteiger partial charge in [-0.3, -0.25) is 19.8 Å². The van der Waals surface area contributed by atoms with Gasteiger partial charge in [0, 0.05) is 79.0 Å². The maximum Gasteiger partial charge on any atom is 0.251 e. The number of rotatable bonds is 23. The monoisotopic (exact) mass is 909 g/mol. The van der Waals surface area contributed by atoms with Gasteiger partial charge in [-0.25, -0.2) is 4.85 Å². The molecule has 0 saturated carbocycles. The van der Waals surface area contributed by atoms with Crippen LogP contribution in [-0.2, 0) is 14.4 Å². The molecule has 0 radical (unpaired) electrons. The summed E-state index contributed by atoms with van der Waals surface area (Å²) in [7, 11) is 0. The molecule has 1 atom stereocenters. The fourth-order valence-corrected chi connectivity index (χ4v) is 10.2. The van der Waals surface area contributed by atoms with E-state index in [0.717, 1.165) is 158 Å². The number of ketones is 1. The SMILES string of the molecule is [C-]#[N+]C(=C=N)C1=C(c2c(NC(C)=O)cc(N(CCCCC)CCCCC)c3cc4ccccc4cc23)C(=O)C1c1c(NC(C)=O)cc(N(CCCCC)CCCCC)c2cc3ccccc3cc12. The summed E-state index contributed by atoms with van der Waals surface area (Å²) in [6.07, 6.45) is 12.7. The molecule has 0 bridgehead atoms. The van der Waals surface area contributed by atoms with Crippen molar-refractivity contribution in [2.75, 3.05) is 46.6 Å². The molecule has 1 aliphatic rings. The number of hydrogen-bond acceptors (Lipinski definition) is 6. The zero-order valence-electron chi connectivity index (χ0n) is 41.0. The Morgan fingerprint density at radius 1 is 0.603 bits per heavy atom. The van der Waals surface area contributed by atoms with E-state index in [1.54, 1.807) is 0 Å². The molecule has 0 fully saturated rings. The van der Waals surface area contributed by atoms with Crippen LogP contribution in [-0.4, -0.2) is 49.6 Å². The molecule has 352 valence electrons. The van der Waals surface area contributed by atoms with E-state index >= 15 is 4.79 Å². The Kier molecular flexibility index (Phi) is 16.5. The molecule has 1 unspecified atom stereocenters. The second kappa shape index (κ2) is 22.8. The highest BCUT2D eigenvalue weighted by molar-refractivity contribution is 6.39. The van der Waals surface area contributed by atoms with E-state index < -0.39 is 5.92 Å². The van der Waals surface area contributed by atoms with Gasteiger partial charge in [0.05, 0.1) is 18.2 Å². The molecule has 0 aliphatic heterocycles. The third-order valence-electron chi connectivity index (χ3n) is 13.5. The highest BCUT2D eigenvalue weighted by Crippen LogP contribution is 2.56. The lowest BCUT2D eigenvalue weighted by molar-refractivity contribution is -0.116. The summed E-state index contributed by atoms with van der Waals surface area (Å²) >= 11 is 0. The maximum atomic E-state index is 15.8. The Balaban J connectivity index is 1.58. The van der Waals surface area contributed by atoms with Gasteiger partial charge in [0.1, 0.15) is 0 Å². The minimum atomic E-state index is -1.03. The summed E-state index contributed by atoms with van der Waals surface area (Å²) in [6.45, 7) is 23.6. The van der Waals surface area contributed by atoms with Gasteiger partial charge >= 0.3 is 0 Å². The van der Waals surface area contributed by atoms with Crippen LogP contribution in [0.15, 0.2) is 96.2 Å². The Morgan fingerprint density at radius 3 is 1.41 bits per heavy atom. The standard InChI is InChI=1S/C59H68N6O3/c1-8-12-20-28-64(29-21-13-9-2)52-36-49(62-39(5)66)54(47-34-43-26-18-16-24-41(43)32-45(47)52)57-56(51(38-60)61-7)58(59(57)68)55-48-35-44-27-19-17-25-42(44)33-46(48)53(37-50(55)63-40(6)67)65(30-22-14-10-3)31-23-15-11-4/h16-19,24-27,32-37,57,60H,8-15,20-23,28-31H2,1-6H3,(H,62,66)(H,63,67). The van der Waals surface area contributed by atoms with Gasteiger partial charge in [-0.05, 0) is 111 Å². The lowest BCUT2D eigenvalue weighted by Crippen LogP contribution is -2.32. The number of carbonyl (C=O) groups is 3. The Hall–Kier alpha value is -6.75. The van der Waals surface area contributed by atoms with Crippen molar-refractivity contribution >= 4 is 94.9 Å². The molecular formula is C59H68N6O3. The van der Waals surface area contributed by atoms with Crippen LogP contribution < -0.4 is 20.4 Å². The number of benzene rings is 6. The molecule has 1 aliphatic carbocycles. The first kappa shape index (κ1) is 49.2. The number of allylic oxidation sites excluding steroid dienone is 2. The zero-order valence-corrected chi connectivity index (χ0v) is 41.0. The van der Waals surface area contributed by atoms with Gasteiger partial charge in [0.25, 0.3) is 5.70 Å². The van der Waals surface area contributed by atoms with Gasteiger partial charge in [-0.1, -0.05) is 128 Å². The zero-order chi connectivity index (χ0) is 48.3. The quantitative estimate of drug-likeness (QED) is 0.0257. The van der Waals surface area contributed by atoms with E-state index in [1.807, 2.05) is 36.4 Å². The molecule has 68 heavy (non-hydrogen) atoms. The first-order chi connectivity index (χ1) is 33.1. The Morgan fingerprint density at radius 2 is 1.00 bits per heavy atom. The van der Waals surface area contributed by atoms with E-state index in [9.17, 15) is 9.59 Å². The number of unbranched alkanes of at least 4 members (excludes halogenated alkanes) is 8. The van der Waals surface area contributed by atoms with Crippen LogP contribution in [0.2, 0.25) is 0 Å². The largest absolute Gasteiger partial charge is 0.371 e. The summed E-state index contributed by atoms with van der Waals surface area (Å²) in [5, 5.41) is 22.4. The van der Waals surface area contributed by atoms with E-state index in [2.05, 4.69) is 107 Å². The maximum absolute atomic E-state index is 15.8. The fourth-order valence-electron chi connectivity index (χ4n) is 10.2. The smallest absolute Gasteiger partial charge is 0.251 e. The van der Waals surface area contributed by atoms with E-state index in [0.29, 0.717) is 28.1 Å². The third kappa shape index (κ3) is 10.4. The number of amides is 2. The molecule has 0 aromatic heterocycles. The van der Waals surface area contributed by atoms with Crippen LogP contribution in [0.3, 0.4) is 0 Å². The number of anilines is 4. The van der Waals surface area contributed by atoms with Crippen LogP contribution in [0.1, 0.15) is 136 Å². The number of fused-ring (bicyclic) bond motifs is 4. The number of hydrogen-bond donors (Lipinski definition) is 3. The predicted octanol–water partition coefficient (Wildman–Crippen LogP) is 14.8. The fraction of sp³-hybridized carbons (Fsp3) is 0.390. The van der Waals surface area contributed by atoms with Gasteiger partial charge in [-0.2, -0.15) is 0 Å². The van der Waals surface area contributed by atoms with Gasteiger partial charge in [-0.15, -0.1) is 0 Å². The van der Waals surface area contributed by atoms with Crippen LogP contribution in [0.25, 0.3) is 53.5 Å². The average molecular weight is 909 g/mol. The lowest BCUT2D eigenvalue weighted by Gasteiger charge is -2.37. The van der Waals surface area contributed by atoms with Gasteiger partial charge in [0.15, 0.2) is 5.78 Å². The van der Waals surface area contributed by atoms with E-state index in [1.165, 1.54) is 13.8 Å². The van der Waals surface area contributed by atoms with Gasteiger partial charge < -0.3 is 20.4 Å². The summed E-state index contributed by atoms with van der Waals surface area (Å²) in [4.78, 5) is 51.2. The van der Waals surface area contributed by atoms with Crippen molar-refractivity contribution in [3.05, 3.63) is 119 Å². The summed E-state index contributed by atoms with van der Waals surface area (Å²) in [5.74, 6) is 0.576. The summed E-state index contributed by atoms with van der Waals surface area (Å²) < 4.78 is 0. The molecule has 9 nitrogen and oxygen atoms in total. The second-order valence-electron chi connectivity index (χ2n) is 18.5. The van der Waals surface area contributed by atoms with Crippen molar-refractivity contribution in [3.63, 3.8) is 0 Å². The van der Waals surface area contributed by atoms with Crippen molar-refractivity contribution in [3.8, 4) is 0 Å². The van der Waals surface area contributed by atoms with Crippen LogP contribution in [0, 0.1) is 12.0 Å². The van der Waals surface area contributed by atoms with E-state index in [-0.39, 0.29) is 28.9 Å². The lowest BCUT2D eigenvalue weighted by atomic mass is 9.66. The van der Waals surface area contributed by atoms with E-state index in [4.69, 9.17) is 12.0 Å². The topological polar surface area (TPSA) is 110 Å². The molecule has 0 spiro atoms. The van der Waals surface area contributed by atoms with Crippen molar-refractivity contribution in [2.24, 2.45) is 0 Å². The highest BCUT2D eigenvalue weighted by Gasteiger charge is 2.46. The normalized spacial score (nSPS) is 13.4. The summed E-state index contributed by atoms with van der Waals surface area (Å²) in [5.41, 5.74) is 4.57. The molecule has 7 rings (SSSR count). The predicted molar refractivity (Wildman–Crippen MR) is 287 cm³/mol. The number of nitrogens with zero attached hydrogens (tertiary/aromatic N) is 3. The average Bonchev–Trinajstić information content (AvgIpc) is 3.33. The first-order valence-corrected chi connectivity index (χ1v) is 25.1. The molecule has 0 saturated heterocycles. The Labute approximate surface area is 403 Å². The third-order valence-corrected chi connectivity index (χ3v) is 13.5. The molecule has 9 heteroatoms.